The lowest BCUT2D eigenvalue weighted by Crippen LogP contribution is -2.40. The molecule has 2 heterocycles. The molecule has 0 aromatic heterocycles. The van der Waals surface area contributed by atoms with E-state index in [-0.39, 0.29) is 12.8 Å². The van der Waals surface area contributed by atoms with Crippen molar-refractivity contribution in [3.05, 3.63) is 12.2 Å². The highest BCUT2D eigenvalue weighted by atomic mass is 16.6. The SMILES string of the molecule is CC12C=CC(C)(CC(=O)OC(=O)C1)O2. The zero-order valence-electron chi connectivity index (χ0n) is 8.20. The molecule has 14 heavy (non-hydrogen) atoms. The van der Waals surface area contributed by atoms with Crippen molar-refractivity contribution in [3.8, 4) is 0 Å². The molecule has 0 aliphatic carbocycles. The Hall–Kier alpha value is -1.16. The molecule has 2 unspecified atom stereocenters. The monoisotopic (exact) mass is 196 g/mol. The summed E-state index contributed by atoms with van der Waals surface area (Å²) in [5, 5.41) is 0. The molecule has 0 aromatic rings. The number of hydrogen-bond acceptors (Lipinski definition) is 4. The Morgan fingerprint density at radius 1 is 1.07 bits per heavy atom. The fraction of sp³-hybridized carbons (Fsp3) is 0.600. The van der Waals surface area contributed by atoms with Gasteiger partial charge in [-0.15, -0.1) is 0 Å². The lowest BCUT2D eigenvalue weighted by molar-refractivity contribution is -0.175. The fourth-order valence-corrected chi connectivity index (χ4v) is 1.92. The maximum absolute atomic E-state index is 11.2. The van der Waals surface area contributed by atoms with Gasteiger partial charge in [-0.3, -0.25) is 9.59 Å². The van der Waals surface area contributed by atoms with E-state index in [1.165, 1.54) is 0 Å². The minimum absolute atomic E-state index is 0.0881. The van der Waals surface area contributed by atoms with E-state index in [9.17, 15) is 9.59 Å². The van der Waals surface area contributed by atoms with E-state index < -0.39 is 23.1 Å². The molecule has 0 spiro atoms. The van der Waals surface area contributed by atoms with E-state index >= 15 is 0 Å². The second-order valence-corrected chi connectivity index (χ2v) is 4.26. The van der Waals surface area contributed by atoms with Crippen molar-refractivity contribution in [1.82, 2.24) is 0 Å². The van der Waals surface area contributed by atoms with Gasteiger partial charge in [0.25, 0.3) is 0 Å². The standard InChI is InChI=1S/C10H12O4/c1-9-3-4-10(2,14-9)6-8(12)13-7(11)5-9/h3-4H,5-6H2,1-2H3. The van der Waals surface area contributed by atoms with Crippen molar-refractivity contribution in [2.24, 2.45) is 0 Å². The van der Waals surface area contributed by atoms with Crippen LogP contribution in [-0.4, -0.2) is 23.1 Å². The van der Waals surface area contributed by atoms with E-state index in [2.05, 4.69) is 4.74 Å². The zero-order valence-corrected chi connectivity index (χ0v) is 8.20. The van der Waals surface area contributed by atoms with Gasteiger partial charge in [0.15, 0.2) is 0 Å². The second-order valence-electron chi connectivity index (χ2n) is 4.26. The summed E-state index contributed by atoms with van der Waals surface area (Å²) < 4.78 is 10.3. The van der Waals surface area contributed by atoms with Gasteiger partial charge in [-0.2, -0.15) is 0 Å². The predicted octanol–water partition coefficient (Wildman–Crippen LogP) is 0.954. The smallest absolute Gasteiger partial charge is 0.316 e. The van der Waals surface area contributed by atoms with Crippen LogP contribution >= 0.6 is 0 Å². The van der Waals surface area contributed by atoms with Crippen LogP contribution in [0.5, 0.6) is 0 Å². The first-order valence-electron chi connectivity index (χ1n) is 4.55. The molecule has 0 saturated carbocycles. The summed E-state index contributed by atoms with van der Waals surface area (Å²) in [6.07, 6.45) is 3.83. The maximum atomic E-state index is 11.2. The van der Waals surface area contributed by atoms with Gasteiger partial charge in [0.05, 0.1) is 24.0 Å². The molecule has 4 heteroatoms. The molecule has 2 aliphatic heterocycles. The minimum Gasteiger partial charge on any atom is -0.393 e. The van der Waals surface area contributed by atoms with Gasteiger partial charge in [0.1, 0.15) is 0 Å². The van der Waals surface area contributed by atoms with Crippen LogP contribution < -0.4 is 0 Å². The average molecular weight is 196 g/mol. The lowest BCUT2D eigenvalue weighted by atomic mass is 10.0. The van der Waals surface area contributed by atoms with Gasteiger partial charge in [0, 0.05) is 0 Å². The molecule has 0 amide bonds. The Bertz CT molecular complexity index is 303. The number of carbonyl (C=O) groups excluding carboxylic acids is 2. The number of rotatable bonds is 0. The molecule has 1 saturated heterocycles. The number of carbonyl (C=O) groups is 2. The van der Waals surface area contributed by atoms with Crippen LogP contribution in [0, 0.1) is 0 Å². The van der Waals surface area contributed by atoms with Gasteiger partial charge >= 0.3 is 11.9 Å². The highest BCUT2D eigenvalue weighted by molar-refractivity contribution is 5.87. The van der Waals surface area contributed by atoms with Crippen LogP contribution in [0.25, 0.3) is 0 Å². The Balaban J connectivity index is 2.30. The van der Waals surface area contributed by atoms with Crippen LogP contribution in [0.2, 0.25) is 0 Å². The van der Waals surface area contributed by atoms with Gasteiger partial charge < -0.3 is 9.47 Å². The fourth-order valence-electron chi connectivity index (χ4n) is 1.92. The summed E-state index contributed by atoms with van der Waals surface area (Å²) in [5.74, 6) is -1.04. The Morgan fingerprint density at radius 2 is 1.50 bits per heavy atom. The number of hydrogen-bond donors (Lipinski definition) is 0. The number of fused-ring (bicyclic) bond motifs is 2. The van der Waals surface area contributed by atoms with Crippen molar-refractivity contribution < 1.29 is 19.1 Å². The average Bonchev–Trinajstić information content (AvgIpc) is 2.24. The molecule has 0 N–H and O–H groups in total. The van der Waals surface area contributed by atoms with Crippen molar-refractivity contribution in [1.29, 1.82) is 0 Å². The van der Waals surface area contributed by atoms with Crippen molar-refractivity contribution in [2.75, 3.05) is 0 Å². The first kappa shape index (κ1) is 9.40. The Labute approximate surface area is 81.9 Å². The minimum atomic E-state index is -0.619. The summed E-state index contributed by atoms with van der Waals surface area (Å²) in [6.45, 7) is 3.62. The molecular weight excluding hydrogens is 184 g/mol. The molecule has 0 aromatic carbocycles. The van der Waals surface area contributed by atoms with Crippen LogP contribution in [0.4, 0.5) is 0 Å². The molecule has 2 aliphatic rings. The molecule has 0 radical (unpaired) electrons. The summed E-state index contributed by atoms with van der Waals surface area (Å²) >= 11 is 0. The van der Waals surface area contributed by atoms with Crippen LogP contribution in [0.1, 0.15) is 26.7 Å². The van der Waals surface area contributed by atoms with Crippen molar-refractivity contribution in [2.45, 2.75) is 37.9 Å². The van der Waals surface area contributed by atoms with Crippen molar-refractivity contribution in [3.63, 3.8) is 0 Å². The van der Waals surface area contributed by atoms with E-state index in [1.807, 2.05) is 26.0 Å². The molecular formula is C10H12O4. The van der Waals surface area contributed by atoms with Crippen LogP contribution in [-0.2, 0) is 19.1 Å². The van der Waals surface area contributed by atoms with Crippen molar-refractivity contribution >= 4 is 11.9 Å². The maximum Gasteiger partial charge on any atom is 0.316 e. The summed E-state index contributed by atoms with van der Waals surface area (Å²) in [7, 11) is 0. The second kappa shape index (κ2) is 2.67. The summed E-state index contributed by atoms with van der Waals surface area (Å²) in [6, 6.07) is 0. The predicted molar refractivity (Wildman–Crippen MR) is 47.4 cm³/mol. The normalized spacial score (nSPS) is 41.9. The Kier molecular flexibility index (Phi) is 1.79. The quantitative estimate of drug-likeness (QED) is 0.329. The largest absolute Gasteiger partial charge is 0.393 e. The van der Waals surface area contributed by atoms with Crippen LogP contribution in [0.3, 0.4) is 0 Å². The van der Waals surface area contributed by atoms with Gasteiger partial charge in [-0.05, 0) is 13.8 Å². The van der Waals surface area contributed by atoms with Gasteiger partial charge in [-0.25, -0.2) is 0 Å². The number of cyclic esters (lactones) is 2. The third-order valence-corrected chi connectivity index (χ3v) is 2.47. The van der Waals surface area contributed by atoms with E-state index in [4.69, 9.17) is 4.74 Å². The third kappa shape index (κ3) is 1.57. The Morgan fingerprint density at radius 3 is 1.93 bits per heavy atom. The first-order valence-corrected chi connectivity index (χ1v) is 4.55. The molecule has 2 rings (SSSR count). The number of esters is 2. The van der Waals surface area contributed by atoms with E-state index in [0.717, 1.165) is 0 Å². The molecule has 4 nitrogen and oxygen atoms in total. The first-order chi connectivity index (χ1) is 6.41. The molecule has 2 atom stereocenters. The lowest BCUT2D eigenvalue weighted by Gasteiger charge is -2.31. The highest BCUT2D eigenvalue weighted by Crippen LogP contribution is 2.37. The van der Waals surface area contributed by atoms with Gasteiger partial charge in [0.2, 0.25) is 0 Å². The van der Waals surface area contributed by atoms with Gasteiger partial charge in [-0.1, -0.05) is 12.2 Å². The third-order valence-electron chi connectivity index (χ3n) is 2.47. The van der Waals surface area contributed by atoms with E-state index in [0.29, 0.717) is 0 Å². The summed E-state index contributed by atoms with van der Waals surface area (Å²) in [5.41, 5.74) is -1.24. The number of ether oxygens (including phenoxy) is 2. The topological polar surface area (TPSA) is 52.6 Å². The van der Waals surface area contributed by atoms with E-state index in [1.54, 1.807) is 0 Å². The summed E-state index contributed by atoms with van der Waals surface area (Å²) in [4.78, 5) is 22.4. The highest BCUT2D eigenvalue weighted by Gasteiger charge is 2.44. The molecule has 2 bridgehead atoms. The zero-order chi connectivity index (χ0) is 10.4. The molecule has 76 valence electrons. The molecule has 1 fully saturated rings. The van der Waals surface area contributed by atoms with Crippen LogP contribution in [0.15, 0.2) is 12.2 Å².